The molecule has 21 heavy (non-hydrogen) atoms. The molecule has 0 aliphatic heterocycles. The van der Waals surface area contributed by atoms with Crippen LogP contribution in [0.2, 0.25) is 0 Å². The van der Waals surface area contributed by atoms with Gasteiger partial charge in [0.1, 0.15) is 0 Å². The monoisotopic (exact) mass is 299 g/mol. The van der Waals surface area contributed by atoms with E-state index in [1.165, 1.54) is 0 Å². The van der Waals surface area contributed by atoms with E-state index in [0.717, 1.165) is 19.5 Å². The van der Waals surface area contributed by atoms with Crippen molar-refractivity contribution in [2.75, 3.05) is 33.7 Å². The Hall–Kier alpha value is -0.610. The molecule has 0 aliphatic carbocycles. The average molecular weight is 300 g/mol. The van der Waals surface area contributed by atoms with E-state index in [2.05, 4.69) is 57.5 Å². The van der Waals surface area contributed by atoms with E-state index in [1.807, 2.05) is 14.1 Å². The van der Waals surface area contributed by atoms with Crippen molar-refractivity contribution in [1.29, 1.82) is 0 Å². The summed E-state index contributed by atoms with van der Waals surface area (Å²) in [5, 5.41) is 9.49. The highest BCUT2D eigenvalue weighted by atomic mass is 16.1. The van der Waals surface area contributed by atoms with Crippen LogP contribution in [0.4, 0.5) is 0 Å². The lowest BCUT2D eigenvalue weighted by molar-refractivity contribution is -0.123. The Balaban J connectivity index is 4.36. The molecule has 1 amide bonds. The largest absolute Gasteiger partial charge is 0.356 e. The second-order valence-electron chi connectivity index (χ2n) is 8.68. The first kappa shape index (κ1) is 20.4. The molecule has 0 radical (unpaired) electrons. The average Bonchev–Trinajstić information content (AvgIpc) is 2.23. The number of amides is 1. The summed E-state index contributed by atoms with van der Waals surface area (Å²) < 4.78 is 0. The summed E-state index contributed by atoms with van der Waals surface area (Å²) in [6.07, 6.45) is 1.60. The molecule has 0 saturated carbocycles. The minimum atomic E-state index is 0.0115. The van der Waals surface area contributed by atoms with Crippen LogP contribution in [-0.4, -0.2) is 39.6 Å². The molecule has 4 nitrogen and oxygen atoms in total. The van der Waals surface area contributed by atoms with E-state index >= 15 is 0 Å². The maximum absolute atomic E-state index is 12.2. The Labute approximate surface area is 131 Å². The molecule has 0 heterocycles. The first-order valence-corrected chi connectivity index (χ1v) is 7.99. The maximum atomic E-state index is 12.2. The van der Waals surface area contributed by atoms with Gasteiger partial charge >= 0.3 is 0 Å². The quantitative estimate of drug-likeness (QED) is 0.580. The lowest BCUT2D eigenvalue weighted by Crippen LogP contribution is -2.41. The normalized spacial score (nSPS) is 13.3. The van der Waals surface area contributed by atoms with Crippen LogP contribution in [0, 0.1) is 16.2 Å². The number of carbonyl (C=O) groups excluding carboxylic acids is 1. The van der Waals surface area contributed by atoms with Gasteiger partial charge in [0.15, 0.2) is 0 Å². The van der Waals surface area contributed by atoms with Gasteiger partial charge in [-0.25, -0.2) is 0 Å². The predicted octanol–water partition coefficient (Wildman–Crippen LogP) is 2.40. The lowest BCUT2D eigenvalue weighted by Gasteiger charge is -2.35. The molecule has 3 N–H and O–H groups in total. The molecule has 0 rings (SSSR count). The van der Waals surface area contributed by atoms with Crippen LogP contribution < -0.4 is 16.0 Å². The molecule has 0 aromatic carbocycles. The third-order valence-corrected chi connectivity index (χ3v) is 3.67. The van der Waals surface area contributed by atoms with Crippen LogP contribution in [0.3, 0.4) is 0 Å². The SMILES string of the molecule is CNCC(C)(C)CNC(=O)CC(C)(C)CC(C)(C)CNC. The van der Waals surface area contributed by atoms with Crippen molar-refractivity contribution in [2.45, 2.75) is 54.4 Å². The fourth-order valence-corrected chi connectivity index (χ4v) is 3.28. The van der Waals surface area contributed by atoms with Gasteiger partial charge < -0.3 is 16.0 Å². The topological polar surface area (TPSA) is 53.2 Å². The van der Waals surface area contributed by atoms with Crippen LogP contribution in [-0.2, 0) is 4.79 Å². The Morgan fingerprint density at radius 1 is 0.762 bits per heavy atom. The molecule has 0 aromatic heterocycles. The summed E-state index contributed by atoms with van der Waals surface area (Å²) in [7, 11) is 3.92. The fraction of sp³-hybridized carbons (Fsp3) is 0.941. The van der Waals surface area contributed by atoms with Crippen molar-refractivity contribution < 1.29 is 4.79 Å². The highest BCUT2D eigenvalue weighted by molar-refractivity contribution is 5.76. The Morgan fingerprint density at radius 2 is 1.24 bits per heavy atom. The van der Waals surface area contributed by atoms with Crippen LogP contribution in [0.15, 0.2) is 0 Å². The first-order valence-electron chi connectivity index (χ1n) is 7.99. The molecular formula is C17H37N3O. The molecule has 126 valence electrons. The van der Waals surface area contributed by atoms with Gasteiger partial charge in [0.2, 0.25) is 5.91 Å². The first-order chi connectivity index (χ1) is 9.43. The van der Waals surface area contributed by atoms with E-state index in [0.29, 0.717) is 13.0 Å². The number of hydrogen-bond acceptors (Lipinski definition) is 3. The molecule has 0 spiro atoms. The third kappa shape index (κ3) is 9.86. The van der Waals surface area contributed by atoms with Crippen molar-refractivity contribution in [3.8, 4) is 0 Å². The summed E-state index contributed by atoms with van der Waals surface area (Å²) in [6.45, 7) is 15.8. The predicted molar refractivity (Wildman–Crippen MR) is 91.4 cm³/mol. The second kappa shape index (κ2) is 8.14. The van der Waals surface area contributed by atoms with Gasteiger partial charge in [-0.05, 0) is 43.3 Å². The van der Waals surface area contributed by atoms with Crippen molar-refractivity contribution in [2.24, 2.45) is 16.2 Å². The van der Waals surface area contributed by atoms with Crippen LogP contribution in [0.25, 0.3) is 0 Å². The van der Waals surface area contributed by atoms with Crippen LogP contribution in [0.5, 0.6) is 0 Å². The summed E-state index contributed by atoms with van der Waals surface area (Å²) in [5.41, 5.74) is 0.293. The Morgan fingerprint density at radius 3 is 1.71 bits per heavy atom. The van der Waals surface area contributed by atoms with Gasteiger partial charge in [-0.3, -0.25) is 4.79 Å². The highest BCUT2D eigenvalue weighted by Gasteiger charge is 2.30. The van der Waals surface area contributed by atoms with E-state index in [4.69, 9.17) is 0 Å². The maximum Gasteiger partial charge on any atom is 0.220 e. The zero-order chi connectivity index (χ0) is 16.7. The van der Waals surface area contributed by atoms with Crippen molar-refractivity contribution >= 4 is 5.91 Å². The van der Waals surface area contributed by atoms with E-state index in [1.54, 1.807) is 0 Å². The minimum Gasteiger partial charge on any atom is -0.356 e. The standard InChI is InChI=1S/C17H37N3O/c1-15(2,10-16(3,4)11-18-7)9-14(21)20-13-17(5,6)12-19-8/h18-19H,9-13H2,1-8H3,(H,20,21). The fourth-order valence-electron chi connectivity index (χ4n) is 3.28. The molecule has 0 unspecified atom stereocenters. The molecule has 0 atom stereocenters. The van der Waals surface area contributed by atoms with Crippen LogP contribution >= 0.6 is 0 Å². The second-order valence-corrected chi connectivity index (χ2v) is 8.68. The van der Waals surface area contributed by atoms with Gasteiger partial charge in [-0.1, -0.05) is 41.5 Å². The molecule has 0 saturated heterocycles. The molecular weight excluding hydrogens is 262 g/mol. The molecule has 0 fully saturated rings. The Kier molecular flexibility index (Phi) is 7.90. The van der Waals surface area contributed by atoms with Crippen LogP contribution in [0.1, 0.15) is 54.4 Å². The molecule has 0 aliphatic rings. The zero-order valence-corrected chi connectivity index (χ0v) is 15.4. The molecule has 0 bridgehead atoms. The van der Waals surface area contributed by atoms with Gasteiger partial charge in [0, 0.05) is 19.5 Å². The lowest BCUT2D eigenvalue weighted by atomic mass is 9.73. The van der Waals surface area contributed by atoms with Gasteiger partial charge in [0.25, 0.3) is 0 Å². The van der Waals surface area contributed by atoms with Gasteiger partial charge in [0.05, 0.1) is 0 Å². The number of hydrogen-bond donors (Lipinski definition) is 3. The number of nitrogens with one attached hydrogen (secondary N) is 3. The Bertz CT molecular complexity index is 322. The molecule has 4 heteroatoms. The third-order valence-electron chi connectivity index (χ3n) is 3.67. The van der Waals surface area contributed by atoms with Crippen molar-refractivity contribution in [3.05, 3.63) is 0 Å². The summed E-state index contributed by atoms with van der Waals surface area (Å²) in [4.78, 5) is 12.2. The summed E-state index contributed by atoms with van der Waals surface area (Å²) >= 11 is 0. The summed E-state index contributed by atoms with van der Waals surface area (Å²) in [5.74, 6) is 0.157. The zero-order valence-electron chi connectivity index (χ0n) is 15.4. The summed E-state index contributed by atoms with van der Waals surface area (Å²) in [6, 6.07) is 0. The number of carbonyl (C=O) groups is 1. The highest BCUT2D eigenvalue weighted by Crippen LogP contribution is 2.35. The van der Waals surface area contributed by atoms with Crippen molar-refractivity contribution in [3.63, 3.8) is 0 Å². The van der Waals surface area contributed by atoms with Gasteiger partial charge in [-0.15, -0.1) is 0 Å². The number of rotatable bonds is 10. The van der Waals surface area contributed by atoms with E-state index in [-0.39, 0.29) is 22.2 Å². The van der Waals surface area contributed by atoms with Crippen molar-refractivity contribution in [1.82, 2.24) is 16.0 Å². The van der Waals surface area contributed by atoms with E-state index < -0.39 is 0 Å². The van der Waals surface area contributed by atoms with Gasteiger partial charge in [-0.2, -0.15) is 0 Å². The molecule has 0 aromatic rings. The smallest absolute Gasteiger partial charge is 0.220 e. The van der Waals surface area contributed by atoms with E-state index in [9.17, 15) is 4.79 Å². The minimum absolute atomic E-state index is 0.0115.